The molecule has 0 radical (unpaired) electrons. The predicted octanol–water partition coefficient (Wildman–Crippen LogP) is 4.32. The topological polar surface area (TPSA) is 57.7 Å². The summed E-state index contributed by atoms with van der Waals surface area (Å²) in [6.45, 7) is 1.13. The van der Waals surface area contributed by atoms with Crippen LogP contribution < -0.4 is 0 Å². The summed E-state index contributed by atoms with van der Waals surface area (Å²) in [7, 11) is 0. The van der Waals surface area contributed by atoms with Gasteiger partial charge in [-0.05, 0) is 61.8 Å². The largest absolute Gasteiger partial charge is 0.335 e. The molecule has 1 saturated heterocycles. The summed E-state index contributed by atoms with van der Waals surface area (Å²) < 4.78 is 0. The summed E-state index contributed by atoms with van der Waals surface area (Å²) in [5.41, 5.74) is 2.38. The summed E-state index contributed by atoms with van der Waals surface area (Å²) in [5.74, 6) is 0.0555. The van der Waals surface area contributed by atoms with Crippen molar-refractivity contribution in [3.63, 3.8) is 0 Å². The zero-order valence-electron chi connectivity index (χ0n) is 17.8. The first kappa shape index (κ1) is 20.0. The number of rotatable bonds is 4. The standard InChI is InChI=1S/C26H28N2O3/c29-24(27-15-6-10-19-9-4-5-11-23(19)27)20-12-13-21-22(17-20)26(31)28(25(21)30)16-14-18-7-2-1-3-8-18/h1-3,7-8,12-13,17,19,23H,4-6,9-11,14-16H2. The molecule has 2 atom stereocenters. The Bertz CT molecular complexity index is 1010. The van der Waals surface area contributed by atoms with Gasteiger partial charge in [0, 0.05) is 24.7 Å². The SMILES string of the molecule is O=C1c2ccc(C(=O)N3CCCC4CCCCC43)cc2C(=O)N1CCc1ccccc1. The highest BCUT2D eigenvalue weighted by Gasteiger charge is 2.38. The number of carbonyl (C=O) groups excluding carboxylic acids is 3. The highest BCUT2D eigenvalue weighted by atomic mass is 16.2. The summed E-state index contributed by atoms with van der Waals surface area (Å²) >= 11 is 0. The first-order chi connectivity index (χ1) is 15.1. The Balaban J connectivity index is 1.34. The Labute approximate surface area is 183 Å². The minimum atomic E-state index is -0.292. The fourth-order valence-electron chi connectivity index (χ4n) is 5.56. The minimum absolute atomic E-state index is 0.00221. The highest BCUT2D eigenvalue weighted by Crippen LogP contribution is 2.36. The van der Waals surface area contributed by atoms with Crippen LogP contribution in [0.5, 0.6) is 0 Å². The molecule has 2 aromatic carbocycles. The van der Waals surface area contributed by atoms with E-state index >= 15 is 0 Å². The Kier molecular flexibility index (Phi) is 5.34. The third kappa shape index (κ3) is 3.67. The van der Waals surface area contributed by atoms with Gasteiger partial charge in [-0.25, -0.2) is 0 Å². The second-order valence-corrected chi connectivity index (χ2v) is 9.01. The number of piperidine rings is 1. The normalized spacial score (nSPS) is 23.0. The van der Waals surface area contributed by atoms with E-state index in [1.807, 2.05) is 35.2 Å². The maximum absolute atomic E-state index is 13.4. The average molecular weight is 417 g/mol. The zero-order valence-corrected chi connectivity index (χ0v) is 17.8. The van der Waals surface area contributed by atoms with E-state index in [4.69, 9.17) is 0 Å². The van der Waals surface area contributed by atoms with Gasteiger partial charge in [-0.2, -0.15) is 0 Å². The summed E-state index contributed by atoms with van der Waals surface area (Å²) in [6.07, 6.45) is 7.60. The highest BCUT2D eigenvalue weighted by molar-refractivity contribution is 6.22. The quantitative estimate of drug-likeness (QED) is 0.698. The van der Waals surface area contributed by atoms with Crippen molar-refractivity contribution in [1.29, 1.82) is 0 Å². The number of amides is 3. The molecule has 0 spiro atoms. The van der Waals surface area contributed by atoms with Gasteiger partial charge in [0.25, 0.3) is 17.7 Å². The van der Waals surface area contributed by atoms with Crippen LogP contribution in [0.1, 0.15) is 75.2 Å². The lowest BCUT2D eigenvalue weighted by atomic mass is 9.78. The maximum Gasteiger partial charge on any atom is 0.261 e. The van der Waals surface area contributed by atoms with E-state index in [0.29, 0.717) is 41.6 Å². The van der Waals surface area contributed by atoms with Gasteiger partial charge in [0.1, 0.15) is 0 Å². The Hall–Kier alpha value is -2.95. The van der Waals surface area contributed by atoms with Gasteiger partial charge in [0.05, 0.1) is 11.1 Å². The van der Waals surface area contributed by atoms with Gasteiger partial charge >= 0.3 is 0 Å². The molecule has 1 saturated carbocycles. The predicted molar refractivity (Wildman–Crippen MR) is 118 cm³/mol. The summed E-state index contributed by atoms with van der Waals surface area (Å²) in [6, 6.07) is 15.2. The average Bonchev–Trinajstić information content (AvgIpc) is 3.06. The molecule has 2 fully saturated rings. The molecule has 0 bridgehead atoms. The van der Waals surface area contributed by atoms with Crippen molar-refractivity contribution in [3.05, 3.63) is 70.8 Å². The van der Waals surface area contributed by atoms with E-state index in [2.05, 4.69) is 0 Å². The molecule has 160 valence electrons. The van der Waals surface area contributed by atoms with Gasteiger partial charge in [-0.15, -0.1) is 0 Å². The molecule has 5 nitrogen and oxygen atoms in total. The van der Waals surface area contributed by atoms with Crippen molar-refractivity contribution in [2.45, 2.75) is 51.0 Å². The van der Waals surface area contributed by atoms with E-state index < -0.39 is 0 Å². The third-order valence-corrected chi connectivity index (χ3v) is 7.19. The molecule has 0 N–H and O–H groups in total. The molecule has 2 aliphatic heterocycles. The number of nitrogens with zero attached hydrogens (tertiary/aromatic N) is 2. The van der Waals surface area contributed by atoms with Crippen molar-refractivity contribution in [1.82, 2.24) is 9.80 Å². The fraction of sp³-hybridized carbons (Fsp3) is 0.423. The lowest BCUT2D eigenvalue weighted by molar-refractivity contribution is 0.0390. The fourth-order valence-corrected chi connectivity index (χ4v) is 5.56. The van der Waals surface area contributed by atoms with Gasteiger partial charge in [-0.3, -0.25) is 19.3 Å². The van der Waals surface area contributed by atoms with Crippen LogP contribution in [-0.2, 0) is 6.42 Å². The molecule has 2 aromatic rings. The first-order valence-corrected chi connectivity index (χ1v) is 11.5. The van der Waals surface area contributed by atoms with E-state index in [9.17, 15) is 14.4 Å². The second kappa shape index (κ2) is 8.29. The minimum Gasteiger partial charge on any atom is -0.335 e. The Morgan fingerprint density at radius 1 is 0.871 bits per heavy atom. The molecule has 0 aromatic heterocycles. The molecular weight excluding hydrogens is 388 g/mol. The van der Waals surface area contributed by atoms with Gasteiger partial charge in [0.2, 0.25) is 0 Å². The van der Waals surface area contributed by atoms with Crippen LogP contribution >= 0.6 is 0 Å². The summed E-state index contributed by atoms with van der Waals surface area (Å²) in [5, 5.41) is 0. The van der Waals surface area contributed by atoms with Crippen molar-refractivity contribution < 1.29 is 14.4 Å². The first-order valence-electron chi connectivity index (χ1n) is 11.5. The van der Waals surface area contributed by atoms with E-state index in [-0.39, 0.29) is 17.7 Å². The number of benzene rings is 2. The van der Waals surface area contributed by atoms with Gasteiger partial charge in [0.15, 0.2) is 0 Å². The Morgan fingerprint density at radius 3 is 2.45 bits per heavy atom. The van der Waals surface area contributed by atoms with E-state index in [1.165, 1.54) is 30.6 Å². The summed E-state index contributed by atoms with van der Waals surface area (Å²) in [4.78, 5) is 42.5. The number of hydrogen-bond donors (Lipinski definition) is 0. The molecule has 2 unspecified atom stereocenters. The number of carbonyl (C=O) groups is 3. The molecule has 5 rings (SSSR count). The van der Waals surface area contributed by atoms with Gasteiger partial charge < -0.3 is 4.90 Å². The molecular formula is C26H28N2O3. The van der Waals surface area contributed by atoms with Crippen LogP contribution in [0, 0.1) is 5.92 Å². The second-order valence-electron chi connectivity index (χ2n) is 9.01. The third-order valence-electron chi connectivity index (χ3n) is 7.19. The van der Waals surface area contributed by atoms with Crippen molar-refractivity contribution in [3.8, 4) is 0 Å². The Morgan fingerprint density at radius 2 is 1.61 bits per heavy atom. The lowest BCUT2D eigenvalue weighted by Gasteiger charge is -2.44. The van der Waals surface area contributed by atoms with E-state index in [0.717, 1.165) is 24.9 Å². The van der Waals surface area contributed by atoms with Crippen LogP contribution in [-0.4, -0.2) is 46.7 Å². The molecule has 3 amide bonds. The lowest BCUT2D eigenvalue weighted by Crippen LogP contribution is -2.49. The number of hydrogen-bond acceptors (Lipinski definition) is 3. The molecule has 1 aliphatic carbocycles. The smallest absolute Gasteiger partial charge is 0.261 e. The van der Waals surface area contributed by atoms with Crippen LogP contribution in [0.25, 0.3) is 0 Å². The molecule has 31 heavy (non-hydrogen) atoms. The molecule has 3 aliphatic rings. The van der Waals surface area contributed by atoms with Crippen LogP contribution in [0.3, 0.4) is 0 Å². The van der Waals surface area contributed by atoms with Crippen LogP contribution in [0.4, 0.5) is 0 Å². The molecule has 5 heteroatoms. The number of likely N-dealkylation sites (tertiary alicyclic amines) is 1. The van der Waals surface area contributed by atoms with Crippen molar-refractivity contribution >= 4 is 17.7 Å². The number of imide groups is 1. The van der Waals surface area contributed by atoms with Crippen LogP contribution in [0.15, 0.2) is 48.5 Å². The van der Waals surface area contributed by atoms with Crippen molar-refractivity contribution in [2.75, 3.05) is 13.1 Å². The van der Waals surface area contributed by atoms with Gasteiger partial charge in [-0.1, -0.05) is 43.2 Å². The van der Waals surface area contributed by atoms with Crippen molar-refractivity contribution in [2.24, 2.45) is 5.92 Å². The monoisotopic (exact) mass is 416 g/mol. The maximum atomic E-state index is 13.4. The van der Waals surface area contributed by atoms with Crippen LogP contribution in [0.2, 0.25) is 0 Å². The molecule has 2 heterocycles. The zero-order chi connectivity index (χ0) is 21.4. The number of fused-ring (bicyclic) bond motifs is 2. The van der Waals surface area contributed by atoms with E-state index in [1.54, 1.807) is 18.2 Å².